The number of rotatable bonds is 4. The third-order valence-electron chi connectivity index (χ3n) is 5.91. The number of nitrogens with zero attached hydrogens (tertiary/aromatic N) is 1. The van der Waals surface area contributed by atoms with E-state index in [1.54, 1.807) is 0 Å². The fourth-order valence-corrected chi connectivity index (χ4v) is 5.04. The van der Waals surface area contributed by atoms with Gasteiger partial charge in [-0.25, -0.2) is 0 Å². The van der Waals surface area contributed by atoms with Crippen molar-refractivity contribution >= 4 is 11.6 Å². The van der Waals surface area contributed by atoms with Crippen molar-refractivity contribution in [2.45, 2.75) is 50.5 Å². The normalized spacial score (nSPS) is 36.2. The standard InChI is InChI=1S/C18H24N2O/c1-2-3-4-9-16-18(13-10-11-20(16)12-13)14-7-5-6-8-15(14)19-17(18)21/h5-8,13,16H,2-4,9-12H2,1H3,(H,19,21)/t13?,16-,18?/m1/s1. The molecule has 112 valence electrons. The van der Waals surface area contributed by atoms with E-state index in [9.17, 15) is 4.79 Å². The molecular weight excluding hydrogens is 260 g/mol. The van der Waals surface area contributed by atoms with Crippen molar-refractivity contribution in [3.05, 3.63) is 29.8 Å². The second kappa shape index (κ2) is 4.84. The first kappa shape index (κ1) is 13.3. The average Bonchev–Trinajstić information content (AvgIpc) is 3.15. The molecular formula is C18H24N2O. The second-order valence-electron chi connectivity index (χ2n) is 6.86. The van der Waals surface area contributed by atoms with Crippen molar-refractivity contribution in [1.29, 1.82) is 0 Å². The lowest BCUT2D eigenvalue weighted by Crippen LogP contribution is -2.52. The van der Waals surface area contributed by atoms with Gasteiger partial charge >= 0.3 is 0 Å². The first-order valence-corrected chi connectivity index (χ1v) is 8.43. The molecule has 0 aromatic heterocycles. The minimum absolute atomic E-state index is 0.261. The molecule has 0 aliphatic carbocycles. The summed E-state index contributed by atoms with van der Waals surface area (Å²) in [7, 11) is 0. The number of hydrogen-bond donors (Lipinski definition) is 1. The quantitative estimate of drug-likeness (QED) is 0.861. The van der Waals surface area contributed by atoms with Crippen molar-refractivity contribution in [3.8, 4) is 0 Å². The Kier molecular flexibility index (Phi) is 3.07. The second-order valence-corrected chi connectivity index (χ2v) is 6.86. The molecule has 1 aromatic carbocycles. The molecule has 0 saturated carbocycles. The molecule has 1 aromatic rings. The van der Waals surface area contributed by atoms with Gasteiger partial charge in [-0.2, -0.15) is 0 Å². The van der Waals surface area contributed by atoms with Crippen LogP contribution in [0, 0.1) is 5.92 Å². The number of nitrogens with one attached hydrogen (secondary N) is 1. The van der Waals surface area contributed by atoms with Crippen LogP contribution in [0.1, 0.15) is 44.6 Å². The predicted molar refractivity (Wildman–Crippen MR) is 84.4 cm³/mol. The van der Waals surface area contributed by atoms with Crippen LogP contribution in [0.2, 0.25) is 0 Å². The predicted octanol–water partition coefficient (Wildman–Crippen LogP) is 3.16. The van der Waals surface area contributed by atoms with E-state index in [4.69, 9.17) is 0 Å². The zero-order valence-corrected chi connectivity index (χ0v) is 12.8. The maximum absolute atomic E-state index is 13.0. The van der Waals surface area contributed by atoms with Crippen molar-refractivity contribution in [2.75, 3.05) is 18.4 Å². The smallest absolute Gasteiger partial charge is 0.237 e. The lowest BCUT2D eigenvalue weighted by Gasteiger charge is -2.40. The SMILES string of the molecule is CCCCC[C@H]1N2CCC(C2)C12C(=O)Nc1ccccc12. The fraction of sp³-hybridized carbons (Fsp3) is 0.611. The molecule has 2 saturated heterocycles. The number of piperidine rings is 1. The van der Waals surface area contributed by atoms with Crippen molar-refractivity contribution in [3.63, 3.8) is 0 Å². The number of para-hydroxylation sites is 1. The van der Waals surface area contributed by atoms with Crippen LogP contribution in [0.4, 0.5) is 5.69 Å². The van der Waals surface area contributed by atoms with Gasteiger partial charge in [0.05, 0.1) is 5.41 Å². The van der Waals surface area contributed by atoms with Crippen molar-refractivity contribution in [1.82, 2.24) is 4.90 Å². The van der Waals surface area contributed by atoms with Crippen LogP contribution in [0.5, 0.6) is 0 Å². The minimum Gasteiger partial charge on any atom is -0.325 e. The summed E-state index contributed by atoms with van der Waals surface area (Å²) in [5.41, 5.74) is 2.06. The Morgan fingerprint density at radius 1 is 1.33 bits per heavy atom. The number of unbranched alkanes of at least 4 members (excludes halogenated alkanes) is 2. The van der Waals surface area contributed by atoms with E-state index in [-0.39, 0.29) is 11.3 Å². The van der Waals surface area contributed by atoms with E-state index in [2.05, 4.69) is 35.3 Å². The van der Waals surface area contributed by atoms with Gasteiger partial charge < -0.3 is 5.32 Å². The summed E-state index contributed by atoms with van der Waals surface area (Å²) < 4.78 is 0. The van der Waals surface area contributed by atoms with Crippen LogP contribution < -0.4 is 5.32 Å². The van der Waals surface area contributed by atoms with Crippen LogP contribution >= 0.6 is 0 Å². The average molecular weight is 284 g/mol. The molecule has 2 bridgehead atoms. The summed E-state index contributed by atoms with van der Waals surface area (Å²) in [5.74, 6) is 0.769. The molecule has 3 heterocycles. The first-order valence-electron chi connectivity index (χ1n) is 8.43. The van der Waals surface area contributed by atoms with Crippen molar-refractivity contribution in [2.24, 2.45) is 5.92 Å². The zero-order valence-electron chi connectivity index (χ0n) is 12.8. The first-order chi connectivity index (χ1) is 10.3. The molecule has 2 fully saturated rings. The summed E-state index contributed by atoms with van der Waals surface area (Å²) in [6.07, 6.45) is 6.08. The Balaban J connectivity index is 1.75. The van der Waals surface area contributed by atoms with Crippen LogP contribution in [-0.4, -0.2) is 29.9 Å². The van der Waals surface area contributed by atoms with Crippen LogP contribution in [0.15, 0.2) is 24.3 Å². The Bertz CT molecular complexity index is 570. The highest BCUT2D eigenvalue weighted by Gasteiger charge is 2.64. The molecule has 1 spiro atoms. The molecule has 1 amide bonds. The van der Waals surface area contributed by atoms with Crippen LogP contribution in [0.25, 0.3) is 0 Å². The largest absolute Gasteiger partial charge is 0.325 e. The molecule has 3 aliphatic heterocycles. The summed E-state index contributed by atoms with van der Waals surface area (Å²) in [5, 5.41) is 3.17. The summed E-state index contributed by atoms with van der Waals surface area (Å²) in [4.78, 5) is 15.5. The third-order valence-corrected chi connectivity index (χ3v) is 5.91. The third kappa shape index (κ3) is 1.67. The monoisotopic (exact) mass is 284 g/mol. The van der Waals surface area contributed by atoms with Crippen LogP contribution in [-0.2, 0) is 10.2 Å². The molecule has 0 radical (unpaired) electrons. The lowest BCUT2D eigenvalue weighted by atomic mass is 9.65. The summed E-state index contributed by atoms with van der Waals surface area (Å²) in [6, 6.07) is 8.77. The fourth-order valence-electron chi connectivity index (χ4n) is 5.04. The van der Waals surface area contributed by atoms with Gasteiger partial charge in [-0.05, 0) is 36.9 Å². The maximum atomic E-state index is 13.0. The molecule has 3 heteroatoms. The number of carbonyl (C=O) groups excluding carboxylic acids is 1. The van der Waals surface area contributed by atoms with Gasteiger partial charge in [0, 0.05) is 18.3 Å². The number of hydrogen-bond acceptors (Lipinski definition) is 2. The highest BCUT2D eigenvalue weighted by molar-refractivity contribution is 6.07. The van der Waals surface area contributed by atoms with E-state index < -0.39 is 0 Å². The number of amides is 1. The van der Waals surface area contributed by atoms with Gasteiger partial charge in [0.2, 0.25) is 5.91 Å². The van der Waals surface area contributed by atoms with E-state index in [0.717, 1.165) is 18.7 Å². The molecule has 3 aliphatic rings. The molecule has 3 nitrogen and oxygen atoms in total. The molecule has 4 rings (SSSR count). The van der Waals surface area contributed by atoms with E-state index in [1.807, 2.05) is 6.07 Å². The topological polar surface area (TPSA) is 32.3 Å². The summed E-state index contributed by atoms with van der Waals surface area (Å²) >= 11 is 0. The Morgan fingerprint density at radius 3 is 3.05 bits per heavy atom. The van der Waals surface area contributed by atoms with Gasteiger partial charge in [-0.1, -0.05) is 44.4 Å². The number of carbonyl (C=O) groups is 1. The number of benzene rings is 1. The van der Waals surface area contributed by atoms with E-state index >= 15 is 0 Å². The number of fused-ring (bicyclic) bond motifs is 5. The molecule has 1 N–H and O–H groups in total. The van der Waals surface area contributed by atoms with Gasteiger partial charge in [-0.3, -0.25) is 9.69 Å². The van der Waals surface area contributed by atoms with Gasteiger partial charge in [0.25, 0.3) is 0 Å². The van der Waals surface area contributed by atoms with Crippen molar-refractivity contribution < 1.29 is 4.79 Å². The van der Waals surface area contributed by atoms with Gasteiger partial charge in [0.15, 0.2) is 0 Å². The Labute approximate surface area is 126 Å². The highest BCUT2D eigenvalue weighted by Crippen LogP contribution is 2.56. The zero-order chi connectivity index (χ0) is 14.4. The van der Waals surface area contributed by atoms with Gasteiger partial charge in [-0.15, -0.1) is 0 Å². The maximum Gasteiger partial charge on any atom is 0.237 e. The molecule has 3 unspecified atom stereocenters. The van der Waals surface area contributed by atoms with E-state index in [1.165, 1.54) is 37.8 Å². The van der Waals surface area contributed by atoms with Gasteiger partial charge in [0.1, 0.15) is 0 Å². The lowest BCUT2D eigenvalue weighted by molar-refractivity contribution is -0.124. The Morgan fingerprint density at radius 2 is 2.19 bits per heavy atom. The summed E-state index contributed by atoms with van der Waals surface area (Å²) in [6.45, 7) is 4.53. The number of anilines is 1. The van der Waals surface area contributed by atoms with E-state index in [0.29, 0.717) is 12.0 Å². The minimum atomic E-state index is -0.261. The highest BCUT2D eigenvalue weighted by atomic mass is 16.2. The molecule has 4 atom stereocenters. The molecule has 21 heavy (non-hydrogen) atoms. The Hall–Kier alpha value is -1.35. The van der Waals surface area contributed by atoms with Crippen LogP contribution in [0.3, 0.4) is 0 Å².